The lowest BCUT2D eigenvalue weighted by Gasteiger charge is -2.33. The Morgan fingerprint density at radius 2 is 1.74 bits per heavy atom. The normalized spacial score (nSPS) is 29.3. The predicted molar refractivity (Wildman–Crippen MR) is 139 cm³/mol. The second-order valence-electron chi connectivity index (χ2n) is 10.7. The summed E-state index contributed by atoms with van der Waals surface area (Å²) < 4.78 is 8.14. The third-order valence-corrected chi connectivity index (χ3v) is 8.69. The van der Waals surface area contributed by atoms with Crippen LogP contribution in [0.25, 0.3) is 22.2 Å². The van der Waals surface area contributed by atoms with Gasteiger partial charge >= 0.3 is 0 Å². The lowest BCUT2D eigenvalue weighted by Crippen LogP contribution is -2.49. The van der Waals surface area contributed by atoms with E-state index >= 15 is 0 Å². The van der Waals surface area contributed by atoms with Gasteiger partial charge in [0.25, 0.3) is 0 Å². The van der Waals surface area contributed by atoms with E-state index in [1.165, 1.54) is 4.90 Å². The Hall–Kier alpha value is -4.46. The number of ether oxygens (including phenoxy) is 1. The van der Waals surface area contributed by atoms with Crippen LogP contribution in [0.2, 0.25) is 0 Å². The summed E-state index contributed by atoms with van der Waals surface area (Å²) in [5.74, 6) is -1.75. The fourth-order valence-electron chi connectivity index (χ4n) is 6.88. The van der Waals surface area contributed by atoms with Gasteiger partial charge in [-0.05, 0) is 35.9 Å². The number of benzene rings is 3. The van der Waals surface area contributed by atoms with Crippen molar-refractivity contribution in [3.8, 4) is 17.5 Å². The number of hydrogen-bond acceptors (Lipinski definition) is 8. The van der Waals surface area contributed by atoms with E-state index in [1.807, 2.05) is 42.5 Å². The molecule has 1 aromatic heterocycles. The van der Waals surface area contributed by atoms with Crippen molar-refractivity contribution in [3.05, 3.63) is 72.3 Å². The molecule has 3 fully saturated rings. The van der Waals surface area contributed by atoms with Gasteiger partial charge in [-0.3, -0.25) is 9.59 Å². The first-order chi connectivity index (χ1) is 18.9. The fraction of sp³-hybridized carbons (Fsp3) is 0.310. The summed E-state index contributed by atoms with van der Waals surface area (Å²) in [4.78, 5) is 29.3. The van der Waals surface area contributed by atoms with Gasteiger partial charge in [0.1, 0.15) is 5.60 Å². The SMILES string of the molecule is CC12OC(CCn3nnnc3-c3ccccc3)(CC1O)C1C(=O)N(c3ccc(C#N)c4ccccc34)C(=O)C12. The Morgan fingerprint density at radius 3 is 2.51 bits per heavy atom. The maximum atomic E-state index is 14.1. The molecule has 0 radical (unpaired) electrons. The number of tetrazole rings is 1. The molecule has 7 rings (SSSR count). The summed E-state index contributed by atoms with van der Waals surface area (Å²) >= 11 is 0. The van der Waals surface area contributed by atoms with E-state index in [-0.39, 0.29) is 12.3 Å². The molecule has 5 atom stereocenters. The van der Waals surface area contributed by atoms with E-state index in [2.05, 4.69) is 21.6 Å². The van der Waals surface area contributed by atoms with Crippen LogP contribution in [0.3, 0.4) is 0 Å². The van der Waals surface area contributed by atoms with Crippen molar-refractivity contribution < 1.29 is 19.4 Å². The van der Waals surface area contributed by atoms with E-state index in [1.54, 1.807) is 35.9 Å². The zero-order chi connectivity index (χ0) is 26.9. The van der Waals surface area contributed by atoms with E-state index in [4.69, 9.17) is 4.74 Å². The highest BCUT2D eigenvalue weighted by molar-refractivity contribution is 6.26. The number of anilines is 1. The van der Waals surface area contributed by atoms with Gasteiger partial charge in [-0.15, -0.1) is 5.10 Å². The standard InChI is InChI=1S/C29H24N6O4/c1-28-22(36)15-29(39-28,13-14-34-25(31-32-33-34)17-7-3-2-4-8-17)24-23(28)26(37)35(27(24)38)21-12-11-18(16-30)19-9-5-6-10-20(19)21/h2-12,22-24,36H,13-15H2,1H3. The highest BCUT2D eigenvalue weighted by atomic mass is 16.6. The van der Waals surface area contributed by atoms with Gasteiger partial charge in [0.05, 0.1) is 40.9 Å². The van der Waals surface area contributed by atoms with Gasteiger partial charge in [0.15, 0.2) is 5.82 Å². The summed E-state index contributed by atoms with van der Waals surface area (Å²) in [6.45, 7) is 2.06. The Labute approximate surface area is 223 Å². The minimum Gasteiger partial charge on any atom is -0.390 e. The van der Waals surface area contributed by atoms with Crippen LogP contribution in [0.5, 0.6) is 0 Å². The van der Waals surface area contributed by atoms with Crippen molar-refractivity contribution in [2.24, 2.45) is 11.8 Å². The van der Waals surface area contributed by atoms with Crippen molar-refractivity contribution in [3.63, 3.8) is 0 Å². The lowest BCUT2D eigenvalue weighted by atomic mass is 9.66. The van der Waals surface area contributed by atoms with Gasteiger partial charge in [-0.25, -0.2) is 9.58 Å². The van der Waals surface area contributed by atoms with Gasteiger partial charge in [-0.1, -0.05) is 54.6 Å². The van der Waals surface area contributed by atoms with Gasteiger partial charge < -0.3 is 9.84 Å². The molecule has 10 heteroatoms. The molecule has 10 nitrogen and oxygen atoms in total. The van der Waals surface area contributed by atoms with Crippen LogP contribution in [0, 0.1) is 23.2 Å². The molecule has 0 spiro atoms. The third-order valence-electron chi connectivity index (χ3n) is 8.69. The van der Waals surface area contributed by atoms with Crippen molar-refractivity contribution in [2.45, 2.75) is 43.6 Å². The molecule has 0 saturated carbocycles. The number of imide groups is 1. The molecule has 3 aliphatic heterocycles. The van der Waals surface area contributed by atoms with E-state index in [0.29, 0.717) is 40.8 Å². The summed E-state index contributed by atoms with van der Waals surface area (Å²) in [5, 5.41) is 34.1. The van der Waals surface area contributed by atoms with Crippen molar-refractivity contribution >= 4 is 28.3 Å². The molecule has 5 unspecified atom stereocenters. The van der Waals surface area contributed by atoms with E-state index in [9.17, 15) is 20.0 Å². The van der Waals surface area contributed by atoms with Crippen molar-refractivity contribution in [2.75, 3.05) is 4.90 Å². The summed E-state index contributed by atoms with van der Waals surface area (Å²) in [5.41, 5.74) is -0.493. The third kappa shape index (κ3) is 3.17. The number of rotatable bonds is 5. The molecule has 3 aromatic carbocycles. The maximum absolute atomic E-state index is 14.1. The average molecular weight is 521 g/mol. The molecule has 39 heavy (non-hydrogen) atoms. The Kier molecular flexibility index (Phi) is 5.01. The van der Waals surface area contributed by atoms with Crippen LogP contribution >= 0.6 is 0 Å². The summed E-state index contributed by atoms with van der Waals surface area (Å²) in [6, 6.07) is 22.3. The highest BCUT2D eigenvalue weighted by Gasteiger charge is 2.77. The molecule has 2 bridgehead atoms. The topological polar surface area (TPSA) is 134 Å². The molecular formula is C29H24N6O4. The fourth-order valence-corrected chi connectivity index (χ4v) is 6.88. The Morgan fingerprint density at radius 1 is 1.03 bits per heavy atom. The lowest BCUT2D eigenvalue weighted by molar-refractivity contribution is -0.133. The molecule has 1 N–H and O–H groups in total. The minimum atomic E-state index is -1.20. The van der Waals surface area contributed by atoms with Crippen molar-refractivity contribution in [1.82, 2.24) is 20.2 Å². The van der Waals surface area contributed by atoms with E-state index in [0.717, 1.165) is 5.56 Å². The smallest absolute Gasteiger partial charge is 0.240 e. The number of nitriles is 1. The van der Waals surface area contributed by atoms with Gasteiger partial charge in [-0.2, -0.15) is 5.26 Å². The van der Waals surface area contributed by atoms with Crippen LogP contribution < -0.4 is 4.90 Å². The van der Waals surface area contributed by atoms with Crippen molar-refractivity contribution in [1.29, 1.82) is 5.26 Å². The number of amides is 2. The second-order valence-corrected chi connectivity index (χ2v) is 10.7. The number of aliphatic hydroxyl groups excluding tert-OH is 1. The first-order valence-corrected chi connectivity index (χ1v) is 12.9. The largest absolute Gasteiger partial charge is 0.390 e. The monoisotopic (exact) mass is 520 g/mol. The Bertz CT molecular complexity index is 1700. The molecule has 3 saturated heterocycles. The van der Waals surface area contributed by atoms with Gasteiger partial charge in [0.2, 0.25) is 11.8 Å². The average Bonchev–Trinajstić information content (AvgIpc) is 3.66. The first-order valence-electron chi connectivity index (χ1n) is 12.9. The molecule has 4 heterocycles. The number of nitrogens with zero attached hydrogens (tertiary/aromatic N) is 6. The summed E-state index contributed by atoms with van der Waals surface area (Å²) in [7, 11) is 0. The van der Waals surface area contributed by atoms with Crippen LogP contribution in [0.15, 0.2) is 66.7 Å². The zero-order valence-electron chi connectivity index (χ0n) is 21.1. The van der Waals surface area contributed by atoms with Crippen LogP contribution in [0.4, 0.5) is 5.69 Å². The number of aliphatic hydroxyl groups is 1. The molecule has 194 valence electrons. The molecule has 4 aromatic rings. The quantitative estimate of drug-likeness (QED) is 0.397. The number of fused-ring (bicyclic) bond motifs is 6. The number of hydrogen-bond donors (Lipinski definition) is 1. The van der Waals surface area contributed by atoms with Crippen LogP contribution in [0.1, 0.15) is 25.3 Å². The predicted octanol–water partition coefficient (Wildman–Crippen LogP) is 2.85. The number of carbonyl (C=O) groups excluding carboxylic acids is 2. The van der Waals surface area contributed by atoms with Gasteiger partial charge in [0, 0.05) is 29.3 Å². The number of aryl methyl sites for hydroxylation is 1. The first kappa shape index (κ1) is 23.6. The molecule has 3 aliphatic rings. The molecular weight excluding hydrogens is 496 g/mol. The Balaban J connectivity index is 1.26. The minimum absolute atomic E-state index is 0.231. The summed E-state index contributed by atoms with van der Waals surface area (Å²) in [6.07, 6.45) is -0.336. The second kappa shape index (κ2) is 8.27. The zero-order valence-corrected chi connectivity index (χ0v) is 21.1. The maximum Gasteiger partial charge on any atom is 0.240 e. The van der Waals surface area contributed by atoms with Crippen LogP contribution in [-0.4, -0.2) is 54.4 Å². The van der Waals surface area contributed by atoms with E-state index < -0.39 is 35.0 Å². The molecule has 2 amide bonds. The number of carbonyl (C=O) groups is 2. The molecule has 0 aliphatic carbocycles. The number of aromatic nitrogens is 4. The highest BCUT2D eigenvalue weighted by Crippen LogP contribution is 2.62. The van der Waals surface area contributed by atoms with Crippen LogP contribution in [-0.2, 0) is 20.9 Å².